The van der Waals surface area contributed by atoms with E-state index in [1.807, 2.05) is 63.2 Å². The number of nitrogens with zero attached hydrogens (tertiary/aromatic N) is 2. The van der Waals surface area contributed by atoms with Gasteiger partial charge in [0.2, 0.25) is 21.8 Å². The van der Waals surface area contributed by atoms with E-state index in [2.05, 4.69) is 5.32 Å². The first-order valence-electron chi connectivity index (χ1n) is 13.4. The van der Waals surface area contributed by atoms with Crippen LogP contribution in [0.3, 0.4) is 0 Å². The molecular formula is C31H38ClN3O4S. The van der Waals surface area contributed by atoms with Crippen molar-refractivity contribution in [2.24, 2.45) is 0 Å². The first-order chi connectivity index (χ1) is 19.0. The molecule has 0 saturated carbocycles. The maximum atomic E-state index is 14.1. The minimum atomic E-state index is -3.82. The Morgan fingerprint density at radius 3 is 2.25 bits per heavy atom. The number of amides is 2. The van der Waals surface area contributed by atoms with Crippen LogP contribution in [0.4, 0.5) is 5.69 Å². The van der Waals surface area contributed by atoms with Crippen LogP contribution in [0.2, 0.25) is 5.02 Å². The monoisotopic (exact) mass is 583 g/mol. The standard InChI is InChI=1S/C31H38ClN3O4S/c1-5-6-18-33-31(37)29(20-25-10-8-7-9-11-25)34(21-26-14-16-27(32)17-15-26)30(36)22-35(40(4,38)39)28-19-23(2)12-13-24(28)3/h7-17,19,29H,5-6,18,20-22H2,1-4H3,(H,33,37). The molecule has 0 bridgehead atoms. The molecule has 214 valence electrons. The van der Waals surface area contributed by atoms with Crippen molar-refractivity contribution < 1.29 is 18.0 Å². The topological polar surface area (TPSA) is 86.8 Å². The van der Waals surface area contributed by atoms with Crippen molar-refractivity contribution in [3.63, 3.8) is 0 Å². The Bertz CT molecular complexity index is 1400. The number of hydrogen-bond acceptors (Lipinski definition) is 4. The van der Waals surface area contributed by atoms with Crippen molar-refractivity contribution in [2.75, 3.05) is 23.7 Å². The highest BCUT2D eigenvalue weighted by atomic mass is 35.5. The molecule has 7 nitrogen and oxygen atoms in total. The number of halogens is 1. The van der Waals surface area contributed by atoms with E-state index in [1.54, 1.807) is 30.3 Å². The summed E-state index contributed by atoms with van der Waals surface area (Å²) in [6, 6.07) is 21.2. The molecule has 0 spiro atoms. The first-order valence-corrected chi connectivity index (χ1v) is 15.6. The number of sulfonamides is 1. The van der Waals surface area contributed by atoms with Gasteiger partial charge in [0.15, 0.2) is 0 Å². The highest BCUT2D eigenvalue weighted by Gasteiger charge is 2.33. The predicted octanol–water partition coefficient (Wildman–Crippen LogP) is 5.28. The lowest BCUT2D eigenvalue weighted by Gasteiger charge is -2.34. The Labute approximate surface area is 243 Å². The van der Waals surface area contributed by atoms with Gasteiger partial charge in [-0.3, -0.25) is 13.9 Å². The summed E-state index contributed by atoms with van der Waals surface area (Å²) in [5.41, 5.74) is 3.70. The molecule has 3 rings (SSSR count). The Morgan fingerprint density at radius 1 is 0.950 bits per heavy atom. The van der Waals surface area contributed by atoms with Crippen LogP contribution < -0.4 is 9.62 Å². The summed E-state index contributed by atoms with van der Waals surface area (Å²) in [4.78, 5) is 29.2. The number of aryl methyl sites for hydroxylation is 2. The second kappa shape index (κ2) is 14.3. The van der Waals surface area contributed by atoms with Crippen LogP contribution in [-0.4, -0.2) is 50.5 Å². The SMILES string of the molecule is CCCCNC(=O)C(Cc1ccccc1)N(Cc1ccc(Cl)cc1)C(=O)CN(c1cc(C)ccc1C)S(C)(=O)=O. The van der Waals surface area contributed by atoms with Crippen molar-refractivity contribution in [3.05, 3.63) is 100 Å². The fourth-order valence-corrected chi connectivity index (χ4v) is 5.45. The summed E-state index contributed by atoms with van der Waals surface area (Å²) in [5.74, 6) is -0.759. The molecule has 1 N–H and O–H groups in total. The van der Waals surface area contributed by atoms with Crippen LogP contribution in [-0.2, 0) is 32.6 Å². The highest BCUT2D eigenvalue weighted by Crippen LogP contribution is 2.25. The maximum Gasteiger partial charge on any atom is 0.244 e. The van der Waals surface area contributed by atoms with Gasteiger partial charge >= 0.3 is 0 Å². The molecule has 0 radical (unpaired) electrons. The van der Waals surface area contributed by atoms with Crippen molar-refractivity contribution in [1.82, 2.24) is 10.2 Å². The molecule has 0 aliphatic heterocycles. The zero-order valence-electron chi connectivity index (χ0n) is 23.6. The molecule has 1 atom stereocenters. The normalized spacial score (nSPS) is 12.0. The fourth-order valence-electron chi connectivity index (χ4n) is 4.43. The van der Waals surface area contributed by atoms with Gasteiger partial charge in [-0.2, -0.15) is 0 Å². The summed E-state index contributed by atoms with van der Waals surface area (Å²) in [6.45, 7) is 5.87. The van der Waals surface area contributed by atoms with Gasteiger partial charge in [-0.15, -0.1) is 0 Å². The van der Waals surface area contributed by atoms with Crippen LogP contribution in [0.5, 0.6) is 0 Å². The number of benzene rings is 3. The summed E-state index contributed by atoms with van der Waals surface area (Å²) < 4.78 is 27.1. The fraction of sp³-hybridized carbons (Fsp3) is 0.355. The van der Waals surface area contributed by atoms with Gasteiger partial charge in [-0.1, -0.05) is 79.5 Å². The molecule has 0 aliphatic rings. The number of rotatable bonds is 13. The molecule has 3 aromatic rings. The number of carbonyl (C=O) groups excluding carboxylic acids is 2. The Morgan fingerprint density at radius 2 is 1.62 bits per heavy atom. The quantitative estimate of drug-likeness (QED) is 0.277. The van der Waals surface area contributed by atoms with Gasteiger partial charge < -0.3 is 10.2 Å². The van der Waals surface area contributed by atoms with Crippen molar-refractivity contribution in [3.8, 4) is 0 Å². The smallest absolute Gasteiger partial charge is 0.244 e. The minimum Gasteiger partial charge on any atom is -0.354 e. The number of unbranched alkanes of at least 4 members (excludes halogenated alkanes) is 1. The van der Waals surface area contributed by atoms with E-state index in [-0.39, 0.29) is 18.9 Å². The lowest BCUT2D eigenvalue weighted by atomic mass is 10.0. The van der Waals surface area contributed by atoms with E-state index in [4.69, 9.17) is 11.6 Å². The Balaban J connectivity index is 2.05. The Hall–Kier alpha value is -3.36. The number of nitrogens with one attached hydrogen (secondary N) is 1. The number of anilines is 1. The molecule has 0 saturated heterocycles. The van der Waals surface area contributed by atoms with Gasteiger partial charge in [-0.05, 0) is 60.7 Å². The van der Waals surface area contributed by atoms with Crippen LogP contribution >= 0.6 is 11.6 Å². The summed E-state index contributed by atoms with van der Waals surface area (Å²) in [5, 5.41) is 3.53. The third kappa shape index (κ3) is 8.83. The van der Waals surface area contributed by atoms with Gasteiger partial charge in [0.05, 0.1) is 11.9 Å². The molecular weight excluding hydrogens is 546 g/mol. The van der Waals surface area contributed by atoms with E-state index in [1.165, 1.54) is 4.90 Å². The summed E-state index contributed by atoms with van der Waals surface area (Å²) in [7, 11) is -3.82. The molecule has 2 amide bonds. The lowest BCUT2D eigenvalue weighted by molar-refractivity contribution is -0.140. The van der Waals surface area contributed by atoms with Gasteiger partial charge in [0.1, 0.15) is 12.6 Å². The van der Waals surface area contributed by atoms with E-state index < -0.39 is 28.5 Å². The van der Waals surface area contributed by atoms with E-state index in [0.29, 0.717) is 17.3 Å². The van der Waals surface area contributed by atoms with E-state index in [0.717, 1.165) is 45.7 Å². The number of carbonyl (C=O) groups is 2. The second-order valence-electron chi connectivity index (χ2n) is 10.1. The van der Waals surface area contributed by atoms with Crippen LogP contribution in [0.15, 0.2) is 72.8 Å². The zero-order valence-corrected chi connectivity index (χ0v) is 25.1. The summed E-state index contributed by atoms with van der Waals surface area (Å²) in [6.07, 6.45) is 3.09. The average molecular weight is 584 g/mol. The molecule has 40 heavy (non-hydrogen) atoms. The van der Waals surface area contributed by atoms with Crippen LogP contribution in [0, 0.1) is 13.8 Å². The molecule has 1 unspecified atom stereocenters. The second-order valence-corrected chi connectivity index (χ2v) is 12.4. The minimum absolute atomic E-state index is 0.110. The molecule has 0 aromatic heterocycles. The van der Waals surface area contributed by atoms with Crippen LogP contribution in [0.1, 0.15) is 42.0 Å². The molecule has 0 aliphatic carbocycles. The van der Waals surface area contributed by atoms with Crippen molar-refractivity contribution in [1.29, 1.82) is 0 Å². The highest BCUT2D eigenvalue weighted by molar-refractivity contribution is 7.92. The van der Waals surface area contributed by atoms with E-state index in [9.17, 15) is 18.0 Å². The molecule has 3 aromatic carbocycles. The first kappa shape index (κ1) is 31.2. The molecule has 0 heterocycles. The summed E-state index contributed by atoms with van der Waals surface area (Å²) >= 11 is 6.10. The largest absolute Gasteiger partial charge is 0.354 e. The lowest BCUT2D eigenvalue weighted by Crippen LogP contribution is -2.53. The van der Waals surface area contributed by atoms with Gasteiger partial charge in [0.25, 0.3) is 0 Å². The maximum absolute atomic E-state index is 14.1. The average Bonchev–Trinajstić information content (AvgIpc) is 2.91. The zero-order chi connectivity index (χ0) is 29.3. The number of hydrogen-bond donors (Lipinski definition) is 1. The molecule has 9 heteroatoms. The van der Waals surface area contributed by atoms with Gasteiger partial charge in [-0.25, -0.2) is 8.42 Å². The van der Waals surface area contributed by atoms with E-state index >= 15 is 0 Å². The predicted molar refractivity (Wildman–Crippen MR) is 162 cm³/mol. The van der Waals surface area contributed by atoms with Crippen molar-refractivity contribution >= 4 is 39.1 Å². The third-order valence-corrected chi connectivity index (χ3v) is 8.06. The Kier molecular flexibility index (Phi) is 11.2. The molecule has 0 fully saturated rings. The third-order valence-electron chi connectivity index (χ3n) is 6.68. The van der Waals surface area contributed by atoms with Crippen molar-refractivity contribution in [2.45, 2.75) is 52.6 Å². The van der Waals surface area contributed by atoms with Gasteiger partial charge in [0, 0.05) is 24.5 Å². The van der Waals surface area contributed by atoms with Crippen LogP contribution in [0.25, 0.3) is 0 Å².